The topological polar surface area (TPSA) is 40.5 Å². The largest absolute Gasteiger partial charge is 0.507 e. The summed E-state index contributed by atoms with van der Waals surface area (Å²) in [6.07, 6.45) is 0.943. The van der Waals surface area contributed by atoms with Crippen molar-refractivity contribution >= 4 is 5.91 Å². The second-order valence-electron chi connectivity index (χ2n) is 5.18. The number of rotatable bonds is 2. The lowest BCUT2D eigenvalue weighted by molar-refractivity contribution is 0.0776. The van der Waals surface area contributed by atoms with E-state index in [1.165, 1.54) is 18.2 Å². The summed E-state index contributed by atoms with van der Waals surface area (Å²) in [4.78, 5) is 13.8. The SMILES string of the molecule is CC(C)C1CCN(C(=O)c2c(O)cccc2F)C1. The lowest BCUT2D eigenvalue weighted by Gasteiger charge is -2.19. The molecule has 1 aromatic rings. The van der Waals surface area contributed by atoms with E-state index in [1.807, 2.05) is 0 Å². The molecule has 1 amide bonds. The number of aromatic hydroxyl groups is 1. The molecule has 3 nitrogen and oxygen atoms in total. The van der Waals surface area contributed by atoms with Crippen molar-refractivity contribution in [3.63, 3.8) is 0 Å². The highest BCUT2D eigenvalue weighted by Gasteiger charge is 2.31. The molecule has 1 aliphatic heterocycles. The van der Waals surface area contributed by atoms with E-state index >= 15 is 0 Å². The number of phenolic OH excluding ortho intramolecular Hbond substituents is 1. The Morgan fingerprint density at radius 1 is 1.50 bits per heavy atom. The van der Waals surface area contributed by atoms with Crippen LogP contribution < -0.4 is 0 Å². The maximum atomic E-state index is 13.6. The van der Waals surface area contributed by atoms with Crippen molar-refractivity contribution in [1.82, 2.24) is 4.90 Å². The highest BCUT2D eigenvalue weighted by molar-refractivity contribution is 5.97. The zero-order valence-corrected chi connectivity index (χ0v) is 10.7. The predicted octanol–water partition coefficient (Wildman–Crippen LogP) is 2.65. The number of hydrogen-bond acceptors (Lipinski definition) is 2. The van der Waals surface area contributed by atoms with Gasteiger partial charge in [-0.3, -0.25) is 4.79 Å². The molecule has 1 aromatic carbocycles. The summed E-state index contributed by atoms with van der Waals surface area (Å²) in [6.45, 7) is 5.53. The van der Waals surface area contributed by atoms with Crippen molar-refractivity contribution in [3.8, 4) is 5.75 Å². The first kappa shape index (κ1) is 12.9. The molecule has 98 valence electrons. The van der Waals surface area contributed by atoms with Crippen molar-refractivity contribution in [3.05, 3.63) is 29.6 Å². The molecule has 0 bridgehead atoms. The fourth-order valence-corrected chi connectivity index (χ4v) is 2.40. The number of hydrogen-bond donors (Lipinski definition) is 1. The molecule has 1 saturated heterocycles. The summed E-state index contributed by atoms with van der Waals surface area (Å²) in [7, 11) is 0. The van der Waals surface area contributed by atoms with Gasteiger partial charge in [-0.05, 0) is 30.4 Å². The quantitative estimate of drug-likeness (QED) is 0.877. The summed E-state index contributed by atoms with van der Waals surface area (Å²) in [5.41, 5.74) is -0.207. The van der Waals surface area contributed by atoms with E-state index in [4.69, 9.17) is 0 Å². The van der Waals surface area contributed by atoms with Crippen LogP contribution in [0.3, 0.4) is 0 Å². The third-order valence-corrected chi connectivity index (χ3v) is 3.66. The van der Waals surface area contributed by atoms with Gasteiger partial charge in [0.15, 0.2) is 0 Å². The van der Waals surface area contributed by atoms with Crippen molar-refractivity contribution in [1.29, 1.82) is 0 Å². The average Bonchev–Trinajstić information content (AvgIpc) is 2.77. The molecule has 0 aromatic heterocycles. The monoisotopic (exact) mass is 251 g/mol. The standard InChI is InChI=1S/C14H18FNO2/c1-9(2)10-6-7-16(8-10)14(18)13-11(15)4-3-5-12(13)17/h3-5,9-10,17H,6-8H2,1-2H3. The lowest BCUT2D eigenvalue weighted by Crippen LogP contribution is -2.30. The van der Waals surface area contributed by atoms with Gasteiger partial charge >= 0.3 is 0 Å². The molecule has 18 heavy (non-hydrogen) atoms. The number of likely N-dealkylation sites (tertiary alicyclic amines) is 1. The van der Waals surface area contributed by atoms with Crippen LogP contribution in [-0.4, -0.2) is 29.0 Å². The van der Waals surface area contributed by atoms with E-state index in [9.17, 15) is 14.3 Å². The molecule has 1 fully saturated rings. The van der Waals surface area contributed by atoms with Crippen molar-refractivity contribution in [2.45, 2.75) is 20.3 Å². The maximum absolute atomic E-state index is 13.6. The van der Waals surface area contributed by atoms with Gasteiger partial charge in [-0.15, -0.1) is 0 Å². The number of benzene rings is 1. The maximum Gasteiger partial charge on any atom is 0.260 e. The summed E-state index contributed by atoms with van der Waals surface area (Å²) in [6, 6.07) is 3.93. The van der Waals surface area contributed by atoms with E-state index < -0.39 is 11.7 Å². The Morgan fingerprint density at radius 2 is 2.22 bits per heavy atom. The highest BCUT2D eigenvalue weighted by Crippen LogP contribution is 2.28. The number of halogens is 1. The van der Waals surface area contributed by atoms with Gasteiger partial charge in [0.1, 0.15) is 17.1 Å². The Kier molecular flexibility index (Phi) is 3.55. The Labute approximate surface area is 106 Å². The van der Waals surface area contributed by atoms with Crippen LogP contribution in [0.5, 0.6) is 5.75 Å². The van der Waals surface area contributed by atoms with Crippen LogP contribution >= 0.6 is 0 Å². The molecule has 4 heteroatoms. The molecule has 1 heterocycles. The minimum atomic E-state index is -0.659. The molecule has 0 spiro atoms. The van der Waals surface area contributed by atoms with E-state index in [-0.39, 0.29) is 11.3 Å². The van der Waals surface area contributed by atoms with Gasteiger partial charge < -0.3 is 10.0 Å². The Balaban J connectivity index is 2.18. The van der Waals surface area contributed by atoms with E-state index in [0.29, 0.717) is 24.9 Å². The van der Waals surface area contributed by atoms with Gasteiger partial charge in [-0.25, -0.2) is 4.39 Å². The summed E-state index contributed by atoms with van der Waals surface area (Å²) >= 11 is 0. The second kappa shape index (κ2) is 4.96. The average molecular weight is 251 g/mol. The molecule has 1 atom stereocenters. The first-order valence-corrected chi connectivity index (χ1v) is 6.27. The second-order valence-corrected chi connectivity index (χ2v) is 5.18. The third-order valence-electron chi connectivity index (χ3n) is 3.66. The fourth-order valence-electron chi connectivity index (χ4n) is 2.40. The molecule has 2 rings (SSSR count). The predicted molar refractivity (Wildman–Crippen MR) is 66.9 cm³/mol. The molecule has 0 saturated carbocycles. The van der Waals surface area contributed by atoms with Gasteiger partial charge in [0.2, 0.25) is 0 Å². The van der Waals surface area contributed by atoms with Crippen molar-refractivity contribution in [2.24, 2.45) is 11.8 Å². The van der Waals surface area contributed by atoms with Crippen LogP contribution in [0.2, 0.25) is 0 Å². The van der Waals surface area contributed by atoms with Crippen molar-refractivity contribution in [2.75, 3.05) is 13.1 Å². The van der Waals surface area contributed by atoms with E-state index in [2.05, 4.69) is 13.8 Å². The first-order valence-electron chi connectivity index (χ1n) is 6.27. The zero-order valence-electron chi connectivity index (χ0n) is 10.7. The number of nitrogens with zero attached hydrogens (tertiary/aromatic N) is 1. The van der Waals surface area contributed by atoms with Crippen LogP contribution in [0.25, 0.3) is 0 Å². The van der Waals surface area contributed by atoms with E-state index in [0.717, 1.165) is 6.42 Å². The van der Waals surface area contributed by atoms with Crippen LogP contribution in [0.15, 0.2) is 18.2 Å². The normalized spacial score (nSPS) is 19.6. The molecule has 1 N–H and O–H groups in total. The molecule has 1 unspecified atom stereocenters. The smallest absolute Gasteiger partial charge is 0.260 e. The minimum Gasteiger partial charge on any atom is -0.507 e. The number of carbonyl (C=O) groups excluding carboxylic acids is 1. The summed E-state index contributed by atoms with van der Waals surface area (Å²) in [5.74, 6) is -0.380. The summed E-state index contributed by atoms with van der Waals surface area (Å²) < 4.78 is 13.6. The van der Waals surface area contributed by atoms with Crippen LogP contribution in [0.4, 0.5) is 4.39 Å². The van der Waals surface area contributed by atoms with Gasteiger partial charge in [-0.2, -0.15) is 0 Å². The Hall–Kier alpha value is -1.58. The zero-order chi connectivity index (χ0) is 13.3. The van der Waals surface area contributed by atoms with Crippen molar-refractivity contribution < 1.29 is 14.3 Å². The van der Waals surface area contributed by atoms with Crippen LogP contribution in [0, 0.1) is 17.7 Å². The third kappa shape index (κ3) is 2.33. The van der Waals surface area contributed by atoms with Gasteiger partial charge in [0, 0.05) is 13.1 Å². The summed E-state index contributed by atoms with van der Waals surface area (Å²) in [5, 5.41) is 9.61. The van der Waals surface area contributed by atoms with Crippen LogP contribution in [-0.2, 0) is 0 Å². The molecular formula is C14H18FNO2. The minimum absolute atomic E-state index is 0.207. The lowest BCUT2D eigenvalue weighted by atomic mass is 9.95. The van der Waals surface area contributed by atoms with Crippen LogP contribution in [0.1, 0.15) is 30.6 Å². The fraction of sp³-hybridized carbons (Fsp3) is 0.500. The number of amides is 1. The molecule has 0 aliphatic carbocycles. The van der Waals surface area contributed by atoms with Gasteiger partial charge in [0.25, 0.3) is 5.91 Å². The Bertz CT molecular complexity index is 439. The number of carbonyl (C=O) groups is 1. The molecular weight excluding hydrogens is 233 g/mol. The van der Waals surface area contributed by atoms with Gasteiger partial charge in [-0.1, -0.05) is 19.9 Å². The Morgan fingerprint density at radius 3 is 2.78 bits per heavy atom. The molecule has 0 radical (unpaired) electrons. The van der Waals surface area contributed by atoms with Gasteiger partial charge in [0.05, 0.1) is 0 Å². The number of phenols is 1. The molecule has 1 aliphatic rings. The first-order chi connectivity index (χ1) is 8.50. The highest BCUT2D eigenvalue weighted by atomic mass is 19.1. The van der Waals surface area contributed by atoms with E-state index in [1.54, 1.807) is 4.90 Å².